The lowest BCUT2D eigenvalue weighted by Crippen LogP contribution is -2.12. The molecule has 0 bridgehead atoms. The van der Waals surface area contributed by atoms with Crippen molar-refractivity contribution in [2.45, 2.75) is 0 Å². The zero-order chi connectivity index (χ0) is 16.4. The Labute approximate surface area is 138 Å². The van der Waals surface area contributed by atoms with E-state index in [4.69, 9.17) is 0 Å². The number of aromatic amines is 1. The average molecular weight is 314 g/mol. The van der Waals surface area contributed by atoms with Crippen LogP contribution < -0.4 is 5.32 Å². The minimum absolute atomic E-state index is 0.173. The van der Waals surface area contributed by atoms with Gasteiger partial charge in [0.25, 0.3) is 5.91 Å². The predicted octanol–water partition coefficient (Wildman–Crippen LogP) is 3.88. The molecular weight excluding hydrogens is 300 g/mol. The minimum atomic E-state index is -0.173. The van der Waals surface area contributed by atoms with E-state index in [1.807, 2.05) is 42.6 Å². The number of H-pyrrole nitrogens is 1. The maximum absolute atomic E-state index is 12.2. The quantitative estimate of drug-likeness (QED) is 0.603. The number of anilines is 1. The van der Waals surface area contributed by atoms with E-state index in [9.17, 15) is 4.79 Å². The summed E-state index contributed by atoms with van der Waals surface area (Å²) in [4.78, 5) is 16.6. The van der Waals surface area contributed by atoms with Gasteiger partial charge in [-0.15, -0.1) is 0 Å². The number of amides is 1. The summed E-state index contributed by atoms with van der Waals surface area (Å²) >= 11 is 0. The minimum Gasteiger partial charge on any atom is -0.307 e. The van der Waals surface area contributed by atoms with Crippen LogP contribution in [0.25, 0.3) is 21.9 Å². The van der Waals surface area contributed by atoms with Crippen LogP contribution in [-0.2, 0) is 0 Å². The van der Waals surface area contributed by atoms with Crippen molar-refractivity contribution in [3.05, 3.63) is 78.8 Å². The van der Waals surface area contributed by atoms with Gasteiger partial charge < -0.3 is 5.32 Å². The molecular formula is C19H14N4O. The first kappa shape index (κ1) is 14.1. The van der Waals surface area contributed by atoms with Crippen molar-refractivity contribution >= 4 is 22.5 Å². The summed E-state index contributed by atoms with van der Waals surface area (Å²) in [5.74, 6) is 0.356. The van der Waals surface area contributed by atoms with Gasteiger partial charge in [-0.25, -0.2) is 4.98 Å². The van der Waals surface area contributed by atoms with Gasteiger partial charge in [0.1, 0.15) is 5.82 Å². The van der Waals surface area contributed by atoms with Gasteiger partial charge >= 0.3 is 0 Å². The van der Waals surface area contributed by atoms with E-state index in [1.165, 1.54) is 0 Å². The highest BCUT2D eigenvalue weighted by Gasteiger charge is 2.07. The third-order valence-electron chi connectivity index (χ3n) is 3.83. The fourth-order valence-corrected chi connectivity index (χ4v) is 2.58. The molecule has 0 radical (unpaired) electrons. The van der Waals surface area contributed by atoms with Crippen LogP contribution >= 0.6 is 0 Å². The largest absolute Gasteiger partial charge is 0.307 e. The standard InChI is InChI=1S/C19H14N4O/c24-19(13-4-2-1-3-5-13)23-18-9-16-8-14(17-11-21-22-12-17)6-7-15(16)10-20-18/h1-12H,(H,21,22)(H,20,23,24). The number of hydrogen-bond acceptors (Lipinski definition) is 3. The molecule has 0 atom stereocenters. The second-order valence-electron chi connectivity index (χ2n) is 5.44. The Hall–Kier alpha value is -3.47. The number of nitrogens with one attached hydrogen (secondary N) is 2. The zero-order valence-electron chi connectivity index (χ0n) is 12.7. The van der Waals surface area contributed by atoms with E-state index in [0.717, 1.165) is 21.9 Å². The van der Waals surface area contributed by atoms with Gasteiger partial charge in [-0.1, -0.05) is 30.3 Å². The maximum Gasteiger partial charge on any atom is 0.256 e. The summed E-state index contributed by atoms with van der Waals surface area (Å²) < 4.78 is 0. The molecule has 2 heterocycles. The van der Waals surface area contributed by atoms with E-state index < -0.39 is 0 Å². The molecule has 5 heteroatoms. The van der Waals surface area contributed by atoms with Crippen molar-refractivity contribution in [1.29, 1.82) is 0 Å². The first-order valence-corrected chi connectivity index (χ1v) is 7.55. The second-order valence-corrected chi connectivity index (χ2v) is 5.44. The van der Waals surface area contributed by atoms with Crippen LogP contribution in [0.15, 0.2) is 73.2 Å². The highest BCUT2D eigenvalue weighted by Crippen LogP contribution is 2.24. The lowest BCUT2D eigenvalue weighted by molar-refractivity contribution is 0.102. The fourth-order valence-electron chi connectivity index (χ4n) is 2.58. The van der Waals surface area contributed by atoms with Crippen molar-refractivity contribution in [1.82, 2.24) is 15.2 Å². The van der Waals surface area contributed by atoms with Crippen LogP contribution in [0.2, 0.25) is 0 Å². The molecule has 4 aromatic rings. The smallest absolute Gasteiger partial charge is 0.256 e. The highest BCUT2D eigenvalue weighted by atomic mass is 16.1. The van der Waals surface area contributed by atoms with Crippen LogP contribution in [0.4, 0.5) is 5.82 Å². The fraction of sp³-hybridized carbons (Fsp3) is 0. The Morgan fingerprint density at radius 3 is 2.58 bits per heavy atom. The normalized spacial score (nSPS) is 10.7. The molecule has 4 rings (SSSR count). The Morgan fingerprint density at radius 1 is 0.917 bits per heavy atom. The van der Waals surface area contributed by atoms with E-state index in [-0.39, 0.29) is 5.91 Å². The number of benzene rings is 2. The topological polar surface area (TPSA) is 70.7 Å². The van der Waals surface area contributed by atoms with Gasteiger partial charge in [0.05, 0.1) is 6.20 Å². The number of hydrogen-bond donors (Lipinski definition) is 2. The molecule has 0 spiro atoms. The molecule has 2 aromatic carbocycles. The van der Waals surface area contributed by atoms with Crippen LogP contribution in [0.5, 0.6) is 0 Å². The predicted molar refractivity (Wildman–Crippen MR) is 93.7 cm³/mol. The van der Waals surface area contributed by atoms with Gasteiger partial charge in [-0.3, -0.25) is 9.89 Å². The first-order chi connectivity index (χ1) is 11.8. The number of carbonyl (C=O) groups excluding carboxylic acids is 1. The maximum atomic E-state index is 12.2. The van der Waals surface area contributed by atoms with Crippen molar-refractivity contribution in [3.63, 3.8) is 0 Å². The average Bonchev–Trinajstić information content (AvgIpc) is 3.16. The zero-order valence-corrected chi connectivity index (χ0v) is 12.7. The molecule has 24 heavy (non-hydrogen) atoms. The van der Waals surface area contributed by atoms with Crippen LogP contribution in [0.1, 0.15) is 10.4 Å². The van der Waals surface area contributed by atoms with Gasteiger partial charge in [0.2, 0.25) is 0 Å². The lowest BCUT2D eigenvalue weighted by Gasteiger charge is -2.07. The number of nitrogens with zero attached hydrogens (tertiary/aromatic N) is 2. The SMILES string of the molecule is O=C(Nc1cc2cc(-c3cn[nH]c3)ccc2cn1)c1ccccc1. The third-order valence-corrected chi connectivity index (χ3v) is 3.83. The summed E-state index contributed by atoms with van der Waals surface area (Å²) in [5, 5.41) is 11.6. The van der Waals surface area contributed by atoms with Gasteiger partial charge in [-0.2, -0.15) is 5.10 Å². The van der Waals surface area contributed by atoms with Gasteiger partial charge in [0.15, 0.2) is 0 Å². The van der Waals surface area contributed by atoms with Crippen LogP contribution in [0, 0.1) is 0 Å². The first-order valence-electron chi connectivity index (χ1n) is 7.55. The monoisotopic (exact) mass is 314 g/mol. The van der Waals surface area contributed by atoms with E-state index in [0.29, 0.717) is 11.4 Å². The van der Waals surface area contributed by atoms with E-state index in [2.05, 4.69) is 26.6 Å². The van der Waals surface area contributed by atoms with Gasteiger partial charge in [0, 0.05) is 28.9 Å². The number of pyridine rings is 1. The molecule has 1 amide bonds. The summed E-state index contributed by atoms with van der Waals surface area (Å²) in [6.07, 6.45) is 5.38. The number of rotatable bonds is 3. The summed E-state index contributed by atoms with van der Waals surface area (Å²) in [5.41, 5.74) is 2.68. The Balaban J connectivity index is 1.66. The van der Waals surface area contributed by atoms with Crippen molar-refractivity contribution in [2.75, 3.05) is 5.32 Å². The second kappa shape index (κ2) is 5.96. The molecule has 2 aromatic heterocycles. The molecule has 0 saturated carbocycles. The van der Waals surface area contributed by atoms with E-state index in [1.54, 1.807) is 24.5 Å². The lowest BCUT2D eigenvalue weighted by atomic mass is 10.1. The molecule has 0 aliphatic rings. The molecule has 5 nitrogen and oxygen atoms in total. The summed E-state index contributed by atoms with van der Waals surface area (Å²) in [6.45, 7) is 0. The van der Waals surface area contributed by atoms with Gasteiger partial charge in [-0.05, 0) is 35.2 Å². The number of aromatic nitrogens is 3. The Kier molecular flexibility index (Phi) is 3.51. The molecule has 0 aliphatic carbocycles. The van der Waals surface area contributed by atoms with Crippen LogP contribution in [0.3, 0.4) is 0 Å². The Bertz CT molecular complexity index is 995. The molecule has 0 saturated heterocycles. The van der Waals surface area contributed by atoms with Crippen molar-refractivity contribution in [3.8, 4) is 11.1 Å². The van der Waals surface area contributed by atoms with E-state index >= 15 is 0 Å². The molecule has 0 aliphatic heterocycles. The summed E-state index contributed by atoms with van der Waals surface area (Å²) in [6, 6.07) is 17.0. The molecule has 116 valence electrons. The Morgan fingerprint density at radius 2 is 1.79 bits per heavy atom. The van der Waals surface area contributed by atoms with Crippen LogP contribution in [-0.4, -0.2) is 21.1 Å². The van der Waals surface area contributed by atoms with Crippen molar-refractivity contribution < 1.29 is 4.79 Å². The third kappa shape index (κ3) is 2.75. The summed E-state index contributed by atoms with van der Waals surface area (Å²) in [7, 11) is 0. The number of fused-ring (bicyclic) bond motifs is 1. The van der Waals surface area contributed by atoms with Crippen molar-refractivity contribution in [2.24, 2.45) is 0 Å². The molecule has 2 N–H and O–H groups in total. The molecule has 0 fully saturated rings. The highest BCUT2D eigenvalue weighted by molar-refractivity contribution is 6.04. The molecule has 0 unspecified atom stereocenters. The number of carbonyl (C=O) groups is 1.